The maximum absolute atomic E-state index is 11.2. The molecule has 120 valence electrons. The zero-order valence-electron chi connectivity index (χ0n) is 12.9. The molecule has 0 aromatic carbocycles. The van der Waals surface area contributed by atoms with Crippen molar-refractivity contribution in [2.45, 2.75) is 45.7 Å². The van der Waals surface area contributed by atoms with E-state index in [0.717, 1.165) is 32.4 Å². The summed E-state index contributed by atoms with van der Waals surface area (Å²) >= 11 is 0. The number of piperidine rings is 1. The van der Waals surface area contributed by atoms with Crippen LogP contribution in [0.15, 0.2) is 4.52 Å². The van der Waals surface area contributed by atoms with E-state index in [1.54, 1.807) is 0 Å². The van der Waals surface area contributed by atoms with Gasteiger partial charge in [-0.15, -0.1) is 0 Å². The summed E-state index contributed by atoms with van der Waals surface area (Å²) < 4.78 is 30.3. The van der Waals surface area contributed by atoms with Crippen molar-refractivity contribution in [1.82, 2.24) is 19.8 Å². The standard InChI is InChI=1S/C13H24N4O3S/c1-10(2)8-13-14-12(15-20-13)9-17-6-4-11(5-7-17)16-21(3,18)19/h10-11,16H,4-9H2,1-3H3. The lowest BCUT2D eigenvalue weighted by molar-refractivity contribution is 0.193. The molecular formula is C13H24N4O3S. The van der Waals surface area contributed by atoms with E-state index in [-0.39, 0.29) is 6.04 Å². The molecule has 1 saturated heterocycles. The van der Waals surface area contributed by atoms with Crippen molar-refractivity contribution in [1.29, 1.82) is 0 Å². The predicted molar refractivity (Wildman–Crippen MR) is 79.1 cm³/mol. The van der Waals surface area contributed by atoms with Crippen LogP contribution in [0.3, 0.4) is 0 Å². The minimum Gasteiger partial charge on any atom is -0.339 e. The first kappa shape index (κ1) is 16.4. The van der Waals surface area contributed by atoms with Gasteiger partial charge in [-0.25, -0.2) is 13.1 Å². The molecule has 1 aliphatic heterocycles. The highest BCUT2D eigenvalue weighted by molar-refractivity contribution is 7.88. The van der Waals surface area contributed by atoms with Gasteiger partial charge in [0.1, 0.15) is 0 Å². The molecule has 0 aliphatic carbocycles. The van der Waals surface area contributed by atoms with Gasteiger partial charge in [0.15, 0.2) is 5.82 Å². The van der Waals surface area contributed by atoms with Gasteiger partial charge in [-0.2, -0.15) is 4.98 Å². The Balaban J connectivity index is 1.79. The van der Waals surface area contributed by atoms with Crippen LogP contribution in [0.5, 0.6) is 0 Å². The molecule has 7 nitrogen and oxygen atoms in total. The summed E-state index contributed by atoms with van der Waals surface area (Å²) in [5, 5.41) is 4.00. The normalized spacial score (nSPS) is 18.5. The molecule has 8 heteroatoms. The minimum atomic E-state index is -3.12. The van der Waals surface area contributed by atoms with Crippen molar-refractivity contribution >= 4 is 10.0 Å². The second-order valence-corrected chi connectivity index (χ2v) is 7.92. The molecule has 21 heavy (non-hydrogen) atoms. The third kappa shape index (κ3) is 5.72. The second kappa shape index (κ2) is 6.85. The van der Waals surface area contributed by atoms with Crippen LogP contribution in [-0.2, 0) is 23.0 Å². The largest absolute Gasteiger partial charge is 0.339 e. The molecule has 0 saturated carbocycles. The number of hydrogen-bond acceptors (Lipinski definition) is 6. The molecule has 0 radical (unpaired) electrons. The maximum atomic E-state index is 11.2. The minimum absolute atomic E-state index is 0.0398. The summed E-state index contributed by atoms with van der Waals surface area (Å²) in [6.07, 6.45) is 3.62. The molecule has 1 N–H and O–H groups in total. The third-order valence-electron chi connectivity index (χ3n) is 3.43. The van der Waals surface area contributed by atoms with Gasteiger partial charge in [0.2, 0.25) is 15.9 Å². The van der Waals surface area contributed by atoms with Crippen LogP contribution in [0.4, 0.5) is 0 Å². The van der Waals surface area contributed by atoms with E-state index < -0.39 is 10.0 Å². The van der Waals surface area contributed by atoms with Crippen molar-refractivity contribution in [2.24, 2.45) is 5.92 Å². The number of aromatic nitrogens is 2. The smallest absolute Gasteiger partial charge is 0.226 e. The maximum Gasteiger partial charge on any atom is 0.226 e. The average molecular weight is 316 g/mol. The van der Waals surface area contributed by atoms with E-state index >= 15 is 0 Å². The Kier molecular flexibility index (Phi) is 5.34. The highest BCUT2D eigenvalue weighted by Gasteiger charge is 2.22. The summed E-state index contributed by atoms with van der Waals surface area (Å²) in [5.41, 5.74) is 0. The Morgan fingerprint density at radius 2 is 2.05 bits per heavy atom. The van der Waals surface area contributed by atoms with Gasteiger partial charge in [-0.3, -0.25) is 4.90 Å². The van der Waals surface area contributed by atoms with Crippen molar-refractivity contribution in [2.75, 3.05) is 19.3 Å². The van der Waals surface area contributed by atoms with Crippen molar-refractivity contribution in [3.63, 3.8) is 0 Å². The van der Waals surface area contributed by atoms with E-state index in [0.29, 0.717) is 24.2 Å². The summed E-state index contributed by atoms with van der Waals surface area (Å²) in [6, 6.07) is 0.0398. The van der Waals surface area contributed by atoms with Gasteiger partial charge in [0.25, 0.3) is 0 Å². The Morgan fingerprint density at radius 3 is 2.62 bits per heavy atom. The lowest BCUT2D eigenvalue weighted by atomic mass is 10.1. The number of nitrogens with zero attached hydrogens (tertiary/aromatic N) is 3. The van der Waals surface area contributed by atoms with Crippen LogP contribution in [0.2, 0.25) is 0 Å². The topological polar surface area (TPSA) is 88.3 Å². The van der Waals surface area contributed by atoms with Crippen LogP contribution in [0.1, 0.15) is 38.4 Å². The Hall–Kier alpha value is -0.990. The van der Waals surface area contributed by atoms with Gasteiger partial charge in [-0.1, -0.05) is 19.0 Å². The lowest BCUT2D eigenvalue weighted by Gasteiger charge is -2.30. The fraction of sp³-hybridized carbons (Fsp3) is 0.846. The molecule has 0 atom stereocenters. The Labute approximate surface area is 126 Å². The highest BCUT2D eigenvalue weighted by Crippen LogP contribution is 2.14. The number of rotatable bonds is 6. The van der Waals surface area contributed by atoms with Gasteiger partial charge >= 0.3 is 0 Å². The van der Waals surface area contributed by atoms with E-state index in [2.05, 4.69) is 33.6 Å². The van der Waals surface area contributed by atoms with Crippen molar-refractivity contribution in [3.8, 4) is 0 Å². The van der Waals surface area contributed by atoms with Gasteiger partial charge in [0, 0.05) is 25.6 Å². The monoisotopic (exact) mass is 316 g/mol. The van der Waals surface area contributed by atoms with Crippen LogP contribution < -0.4 is 4.72 Å². The van der Waals surface area contributed by atoms with E-state index in [1.807, 2.05) is 0 Å². The van der Waals surface area contributed by atoms with Gasteiger partial charge in [0.05, 0.1) is 12.8 Å². The van der Waals surface area contributed by atoms with Crippen LogP contribution in [0, 0.1) is 5.92 Å². The average Bonchev–Trinajstić information content (AvgIpc) is 2.76. The fourth-order valence-electron chi connectivity index (χ4n) is 2.50. The van der Waals surface area contributed by atoms with E-state index in [1.165, 1.54) is 6.26 Å². The molecule has 1 aliphatic rings. The van der Waals surface area contributed by atoms with E-state index in [4.69, 9.17) is 4.52 Å². The van der Waals surface area contributed by atoms with Gasteiger partial charge in [-0.05, 0) is 18.8 Å². The Morgan fingerprint density at radius 1 is 1.38 bits per heavy atom. The first-order valence-electron chi connectivity index (χ1n) is 7.33. The second-order valence-electron chi connectivity index (χ2n) is 6.14. The number of nitrogens with one attached hydrogen (secondary N) is 1. The predicted octanol–water partition coefficient (Wildman–Crippen LogP) is 0.782. The summed E-state index contributed by atoms with van der Waals surface area (Å²) in [6.45, 7) is 6.56. The van der Waals surface area contributed by atoms with Crippen LogP contribution in [0.25, 0.3) is 0 Å². The zero-order valence-corrected chi connectivity index (χ0v) is 13.7. The molecule has 0 bridgehead atoms. The quantitative estimate of drug-likeness (QED) is 0.834. The lowest BCUT2D eigenvalue weighted by Crippen LogP contribution is -2.44. The summed E-state index contributed by atoms with van der Waals surface area (Å²) in [4.78, 5) is 6.62. The Bertz CT molecular complexity index is 548. The third-order valence-corrected chi connectivity index (χ3v) is 4.19. The van der Waals surface area contributed by atoms with Crippen LogP contribution in [-0.4, -0.2) is 48.8 Å². The molecule has 2 rings (SSSR count). The van der Waals surface area contributed by atoms with Crippen LogP contribution >= 0.6 is 0 Å². The molecule has 1 aromatic heterocycles. The number of likely N-dealkylation sites (tertiary alicyclic amines) is 1. The molecule has 1 fully saturated rings. The molecular weight excluding hydrogens is 292 g/mol. The molecule has 2 heterocycles. The SMILES string of the molecule is CC(C)Cc1nc(CN2CCC(NS(C)(=O)=O)CC2)no1. The molecule has 0 spiro atoms. The first-order valence-corrected chi connectivity index (χ1v) is 9.22. The first-order chi connectivity index (χ1) is 9.82. The summed E-state index contributed by atoms with van der Waals surface area (Å²) in [5.74, 6) is 1.89. The fourth-order valence-corrected chi connectivity index (χ4v) is 3.34. The molecule has 0 unspecified atom stereocenters. The van der Waals surface area contributed by atoms with Crippen molar-refractivity contribution < 1.29 is 12.9 Å². The van der Waals surface area contributed by atoms with Crippen molar-refractivity contribution in [3.05, 3.63) is 11.7 Å². The number of sulfonamides is 1. The molecule has 0 amide bonds. The number of hydrogen-bond donors (Lipinski definition) is 1. The van der Waals surface area contributed by atoms with Gasteiger partial charge < -0.3 is 4.52 Å². The summed E-state index contributed by atoms with van der Waals surface area (Å²) in [7, 11) is -3.12. The highest BCUT2D eigenvalue weighted by atomic mass is 32.2. The molecule has 1 aromatic rings. The van der Waals surface area contributed by atoms with E-state index in [9.17, 15) is 8.42 Å². The zero-order chi connectivity index (χ0) is 15.5.